The highest BCUT2D eigenvalue weighted by atomic mass is 16.3. The molecule has 0 heterocycles. The lowest BCUT2D eigenvalue weighted by Gasteiger charge is -2.21. The number of hydrogen-bond donors (Lipinski definition) is 2. The largest absolute Gasteiger partial charge is 0.396 e. The fraction of sp³-hybridized carbons (Fsp3) is 0.438. The molecule has 1 aromatic carbocycles. The average Bonchev–Trinajstić information content (AvgIpc) is 2.46. The highest BCUT2D eigenvalue weighted by molar-refractivity contribution is 5.96. The first kappa shape index (κ1) is 16.2. The van der Waals surface area contributed by atoms with Gasteiger partial charge in [-0.1, -0.05) is 17.9 Å². The molecule has 108 valence electrons. The summed E-state index contributed by atoms with van der Waals surface area (Å²) >= 11 is 0. The van der Waals surface area contributed by atoms with E-state index in [2.05, 4.69) is 11.8 Å². The van der Waals surface area contributed by atoms with Crippen molar-refractivity contribution in [2.45, 2.75) is 20.3 Å². The molecule has 0 saturated carbocycles. The van der Waals surface area contributed by atoms with Crippen LogP contribution in [0.3, 0.4) is 0 Å². The summed E-state index contributed by atoms with van der Waals surface area (Å²) in [7, 11) is 0. The molecule has 0 aliphatic heterocycles. The SMILES string of the molecule is CCN(CCCO)C(=O)c1cccc(C#CCN)c1C. The van der Waals surface area contributed by atoms with E-state index in [1.807, 2.05) is 32.0 Å². The maximum absolute atomic E-state index is 12.5. The summed E-state index contributed by atoms with van der Waals surface area (Å²) in [6.45, 7) is 5.40. The van der Waals surface area contributed by atoms with Crippen molar-refractivity contribution >= 4 is 5.91 Å². The summed E-state index contributed by atoms with van der Waals surface area (Å²) in [4.78, 5) is 14.2. The van der Waals surface area contributed by atoms with Gasteiger partial charge in [0.15, 0.2) is 0 Å². The maximum Gasteiger partial charge on any atom is 0.254 e. The zero-order chi connectivity index (χ0) is 15.0. The number of aliphatic hydroxyl groups excluding tert-OH is 1. The minimum absolute atomic E-state index is 0.0187. The van der Waals surface area contributed by atoms with Crippen LogP contribution in [-0.2, 0) is 0 Å². The third-order valence-electron chi connectivity index (χ3n) is 3.14. The van der Waals surface area contributed by atoms with Crippen LogP contribution in [0.25, 0.3) is 0 Å². The Kier molecular flexibility index (Phi) is 6.78. The fourth-order valence-corrected chi connectivity index (χ4v) is 1.98. The lowest BCUT2D eigenvalue weighted by atomic mass is 10.0. The Hall–Kier alpha value is -1.83. The summed E-state index contributed by atoms with van der Waals surface area (Å²) in [5, 5.41) is 8.89. The van der Waals surface area contributed by atoms with Crippen molar-refractivity contribution in [3.8, 4) is 11.8 Å². The molecule has 0 aromatic heterocycles. The number of benzene rings is 1. The molecule has 0 radical (unpaired) electrons. The molecular weight excluding hydrogens is 252 g/mol. The van der Waals surface area contributed by atoms with Crippen LogP contribution in [0, 0.1) is 18.8 Å². The van der Waals surface area contributed by atoms with Gasteiger partial charge in [0, 0.05) is 30.8 Å². The topological polar surface area (TPSA) is 66.6 Å². The Morgan fingerprint density at radius 1 is 1.45 bits per heavy atom. The molecule has 0 bridgehead atoms. The van der Waals surface area contributed by atoms with Gasteiger partial charge in [-0.2, -0.15) is 0 Å². The first-order valence-electron chi connectivity index (χ1n) is 6.84. The highest BCUT2D eigenvalue weighted by Crippen LogP contribution is 2.15. The molecule has 1 aromatic rings. The molecule has 1 amide bonds. The predicted octanol–water partition coefficient (Wildman–Crippen LogP) is 1.15. The van der Waals surface area contributed by atoms with Gasteiger partial charge in [-0.25, -0.2) is 0 Å². The number of nitrogens with two attached hydrogens (primary N) is 1. The van der Waals surface area contributed by atoms with Crippen LogP contribution < -0.4 is 5.73 Å². The molecule has 1 rings (SSSR count). The van der Waals surface area contributed by atoms with Crippen molar-refractivity contribution in [3.63, 3.8) is 0 Å². The van der Waals surface area contributed by atoms with Crippen LogP contribution in [-0.4, -0.2) is 42.2 Å². The minimum Gasteiger partial charge on any atom is -0.396 e. The van der Waals surface area contributed by atoms with Crippen molar-refractivity contribution < 1.29 is 9.90 Å². The lowest BCUT2D eigenvalue weighted by molar-refractivity contribution is 0.0753. The Morgan fingerprint density at radius 3 is 2.80 bits per heavy atom. The number of amides is 1. The number of hydrogen-bond acceptors (Lipinski definition) is 3. The normalized spacial score (nSPS) is 9.80. The summed E-state index contributed by atoms with van der Waals surface area (Å²) < 4.78 is 0. The molecule has 0 fully saturated rings. The predicted molar refractivity (Wildman–Crippen MR) is 80.4 cm³/mol. The van der Waals surface area contributed by atoms with Gasteiger partial charge in [0.25, 0.3) is 5.91 Å². The minimum atomic E-state index is -0.0187. The van der Waals surface area contributed by atoms with Gasteiger partial charge in [-0.15, -0.1) is 0 Å². The third-order valence-corrected chi connectivity index (χ3v) is 3.14. The second-order valence-electron chi connectivity index (χ2n) is 4.45. The molecule has 20 heavy (non-hydrogen) atoms. The van der Waals surface area contributed by atoms with Crippen LogP contribution in [0.4, 0.5) is 0 Å². The Bertz CT molecular complexity index is 515. The smallest absolute Gasteiger partial charge is 0.254 e. The number of nitrogens with zero attached hydrogens (tertiary/aromatic N) is 1. The molecule has 4 heteroatoms. The second-order valence-corrected chi connectivity index (χ2v) is 4.45. The molecule has 3 N–H and O–H groups in total. The quantitative estimate of drug-likeness (QED) is 0.792. The van der Waals surface area contributed by atoms with E-state index in [0.29, 0.717) is 31.6 Å². The molecule has 4 nitrogen and oxygen atoms in total. The molecule has 0 atom stereocenters. The molecule has 0 spiro atoms. The van der Waals surface area contributed by atoms with Gasteiger partial charge in [0.05, 0.1) is 6.54 Å². The third kappa shape index (κ3) is 4.09. The molecule has 0 aliphatic carbocycles. The van der Waals surface area contributed by atoms with E-state index < -0.39 is 0 Å². The maximum atomic E-state index is 12.5. The van der Waals surface area contributed by atoms with Crippen LogP contribution in [0.5, 0.6) is 0 Å². The average molecular weight is 274 g/mol. The zero-order valence-electron chi connectivity index (χ0n) is 12.1. The van der Waals surface area contributed by atoms with E-state index in [1.165, 1.54) is 0 Å². The van der Waals surface area contributed by atoms with E-state index in [-0.39, 0.29) is 12.5 Å². The van der Waals surface area contributed by atoms with E-state index in [4.69, 9.17) is 10.8 Å². The number of carbonyl (C=O) groups is 1. The van der Waals surface area contributed by atoms with Crippen molar-refractivity contribution in [1.29, 1.82) is 0 Å². The van der Waals surface area contributed by atoms with Gasteiger partial charge < -0.3 is 15.7 Å². The van der Waals surface area contributed by atoms with Crippen molar-refractivity contribution in [2.75, 3.05) is 26.2 Å². The standard InChI is InChI=1S/C16H22N2O2/c1-3-18(11-6-12-19)16(20)15-9-4-7-14(13(15)2)8-5-10-17/h4,7,9,19H,3,6,10-12,17H2,1-2H3. The number of rotatable bonds is 5. The van der Waals surface area contributed by atoms with Gasteiger partial charge in [0.2, 0.25) is 0 Å². The summed E-state index contributed by atoms with van der Waals surface area (Å²) in [6.07, 6.45) is 0.589. The van der Waals surface area contributed by atoms with Gasteiger partial charge in [-0.3, -0.25) is 4.79 Å². The lowest BCUT2D eigenvalue weighted by Crippen LogP contribution is -2.32. The number of aliphatic hydroxyl groups is 1. The molecule has 0 aliphatic rings. The summed E-state index contributed by atoms with van der Waals surface area (Å²) in [5.41, 5.74) is 7.75. The van der Waals surface area contributed by atoms with Gasteiger partial charge in [0.1, 0.15) is 0 Å². The Morgan fingerprint density at radius 2 is 2.20 bits per heavy atom. The van der Waals surface area contributed by atoms with Gasteiger partial charge in [-0.05, 0) is 38.0 Å². The zero-order valence-corrected chi connectivity index (χ0v) is 12.1. The second kappa shape index (κ2) is 8.36. The van der Waals surface area contributed by atoms with Crippen LogP contribution in [0.15, 0.2) is 18.2 Å². The van der Waals surface area contributed by atoms with Crippen molar-refractivity contribution in [3.05, 3.63) is 34.9 Å². The molecule has 0 unspecified atom stereocenters. The van der Waals surface area contributed by atoms with Crippen LogP contribution >= 0.6 is 0 Å². The van der Waals surface area contributed by atoms with Crippen LogP contribution in [0.2, 0.25) is 0 Å². The van der Waals surface area contributed by atoms with Crippen molar-refractivity contribution in [2.24, 2.45) is 5.73 Å². The van der Waals surface area contributed by atoms with E-state index in [1.54, 1.807) is 4.90 Å². The van der Waals surface area contributed by atoms with E-state index in [9.17, 15) is 4.79 Å². The van der Waals surface area contributed by atoms with E-state index in [0.717, 1.165) is 11.1 Å². The first-order valence-corrected chi connectivity index (χ1v) is 6.84. The summed E-state index contributed by atoms with van der Waals surface area (Å²) in [5.74, 6) is 5.77. The Balaban J connectivity index is 3.03. The molecular formula is C16H22N2O2. The summed E-state index contributed by atoms with van der Waals surface area (Å²) in [6, 6.07) is 5.53. The first-order chi connectivity index (χ1) is 9.65. The Labute approximate surface area is 120 Å². The highest BCUT2D eigenvalue weighted by Gasteiger charge is 2.16. The van der Waals surface area contributed by atoms with Crippen LogP contribution in [0.1, 0.15) is 34.8 Å². The fourth-order valence-electron chi connectivity index (χ4n) is 1.98. The number of carbonyl (C=O) groups excluding carboxylic acids is 1. The van der Waals surface area contributed by atoms with Crippen molar-refractivity contribution in [1.82, 2.24) is 4.90 Å². The van der Waals surface area contributed by atoms with Gasteiger partial charge >= 0.3 is 0 Å². The monoisotopic (exact) mass is 274 g/mol. The van der Waals surface area contributed by atoms with E-state index >= 15 is 0 Å². The molecule has 0 saturated heterocycles.